The van der Waals surface area contributed by atoms with Crippen LogP contribution < -0.4 is 10.3 Å². The minimum Gasteiger partial charge on any atom is -0.492 e. The van der Waals surface area contributed by atoms with Crippen molar-refractivity contribution >= 4 is 27.0 Å². The highest BCUT2D eigenvalue weighted by molar-refractivity contribution is 9.10. The average molecular weight is 349 g/mol. The first-order valence-corrected chi connectivity index (χ1v) is 7.20. The molecule has 3 aromatic rings. The molecule has 21 heavy (non-hydrogen) atoms. The number of halogens is 1. The van der Waals surface area contributed by atoms with E-state index < -0.39 is 0 Å². The van der Waals surface area contributed by atoms with Crippen LogP contribution in [0.4, 0.5) is 0 Å². The van der Waals surface area contributed by atoms with Gasteiger partial charge in [-0.25, -0.2) is 4.98 Å². The van der Waals surface area contributed by atoms with Crippen LogP contribution in [0.25, 0.3) is 11.0 Å². The first-order chi connectivity index (χ1) is 10.1. The maximum absolute atomic E-state index is 12.2. The maximum atomic E-state index is 12.2. The van der Waals surface area contributed by atoms with Gasteiger partial charge in [0.25, 0.3) is 5.56 Å². The van der Waals surface area contributed by atoms with Crippen LogP contribution in [-0.4, -0.2) is 25.9 Å². The molecule has 0 atom stereocenters. The van der Waals surface area contributed by atoms with Gasteiger partial charge in [0.1, 0.15) is 24.1 Å². The summed E-state index contributed by atoms with van der Waals surface area (Å²) in [4.78, 5) is 16.5. The summed E-state index contributed by atoms with van der Waals surface area (Å²) in [5, 5.41) is 4.56. The molecule has 0 fully saturated rings. The van der Waals surface area contributed by atoms with E-state index in [1.54, 1.807) is 11.7 Å². The van der Waals surface area contributed by atoms with Gasteiger partial charge < -0.3 is 4.74 Å². The van der Waals surface area contributed by atoms with E-state index in [-0.39, 0.29) is 5.56 Å². The van der Waals surface area contributed by atoms with Gasteiger partial charge in [0.05, 0.1) is 12.7 Å². The molecule has 0 aliphatic rings. The standard InChI is InChI=1S/C14H13BrN4O2/c1-18-13-12(8-17-18)14(20)19(9-16-13)6-7-21-11-4-2-10(15)3-5-11/h2-5,8-9H,6-7H2,1H3. The maximum Gasteiger partial charge on any atom is 0.264 e. The Morgan fingerprint density at radius 3 is 2.81 bits per heavy atom. The van der Waals surface area contributed by atoms with Gasteiger partial charge in [-0.3, -0.25) is 14.0 Å². The molecule has 0 aliphatic carbocycles. The van der Waals surface area contributed by atoms with Crippen LogP contribution in [0.2, 0.25) is 0 Å². The zero-order valence-corrected chi connectivity index (χ0v) is 12.9. The minimum absolute atomic E-state index is 0.104. The number of aryl methyl sites for hydroxylation is 1. The van der Waals surface area contributed by atoms with Gasteiger partial charge in [-0.2, -0.15) is 5.10 Å². The first-order valence-electron chi connectivity index (χ1n) is 6.40. The first kappa shape index (κ1) is 13.8. The number of aromatic nitrogens is 4. The van der Waals surface area contributed by atoms with Crippen molar-refractivity contribution in [1.29, 1.82) is 0 Å². The normalized spacial score (nSPS) is 11.0. The fourth-order valence-corrected chi connectivity index (χ4v) is 2.28. The second-order valence-corrected chi connectivity index (χ2v) is 5.47. The van der Waals surface area contributed by atoms with Crippen molar-refractivity contribution in [2.45, 2.75) is 6.54 Å². The number of ether oxygens (including phenoxy) is 1. The Hall–Kier alpha value is -2.15. The highest BCUT2D eigenvalue weighted by atomic mass is 79.9. The van der Waals surface area contributed by atoms with Gasteiger partial charge in [-0.05, 0) is 24.3 Å². The van der Waals surface area contributed by atoms with Crippen molar-refractivity contribution in [2.24, 2.45) is 7.05 Å². The molecule has 2 aromatic heterocycles. The van der Waals surface area contributed by atoms with Crippen LogP contribution in [0.15, 0.2) is 46.1 Å². The molecule has 2 heterocycles. The van der Waals surface area contributed by atoms with E-state index in [2.05, 4.69) is 26.0 Å². The van der Waals surface area contributed by atoms with E-state index in [0.29, 0.717) is 24.2 Å². The summed E-state index contributed by atoms with van der Waals surface area (Å²) in [6.07, 6.45) is 3.06. The fourth-order valence-electron chi connectivity index (χ4n) is 2.02. The van der Waals surface area contributed by atoms with Crippen molar-refractivity contribution in [3.63, 3.8) is 0 Å². The molecule has 6 nitrogen and oxygen atoms in total. The van der Waals surface area contributed by atoms with Crippen LogP contribution in [-0.2, 0) is 13.6 Å². The predicted molar refractivity (Wildman–Crippen MR) is 82.4 cm³/mol. The summed E-state index contributed by atoms with van der Waals surface area (Å²) >= 11 is 3.37. The zero-order valence-electron chi connectivity index (χ0n) is 11.4. The van der Waals surface area contributed by atoms with Crippen LogP contribution in [0.5, 0.6) is 5.75 Å². The second-order valence-electron chi connectivity index (χ2n) is 4.55. The summed E-state index contributed by atoms with van der Waals surface area (Å²) in [7, 11) is 1.76. The minimum atomic E-state index is -0.104. The predicted octanol–water partition coefficient (Wildman–Crippen LogP) is 1.97. The molecular weight excluding hydrogens is 336 g/mol. The molecule has 3 rings (SSSR count). The Labute approximate surface area is 129 Å². The Morgan fingerprint density at radius 1 is 1.29 bits per heavy atom. The van der Waals surface area contributed by atoms with Gasteiger partial charge in [-0.1, -0.05) is 15.9 Å². The lowest BCUT2D eigenvalue weighted by atomic mass is 10.3. The number of rotatable bonds is 4. The molecule has 108 valence electrons. The highest BCUT2D eigenvalue weighted by Crippen LogP contribution is 2.15. The number of hydrogen-bond donors (Lipinski definition) is 0. The van der Waals surface area contributed by atoms with Gasteiger partial charge in [-0.15, -0.1) is 0 Å². The molecule has 0 radical (unpaired) electrons. The zero-order chi connectivity index (χ0) is 14.8. The van der Waals surface area contributed by atoms with Gasteiger partial charge in [0.2, 0.25) is 0 Å². The Bertz CT molecular complexity index is 823. The number of hydrogen-bond acceptors (Lipinski definition) is 4. The van der Waals surface area contributed by atoms with E-state index in [1.165, 1.54) is 17.1 Å². The Kier molecular flexibility index (Phi) is 3.74. The molecule has 0 spiro atoms. The lowest BCUT2D eigenvalue weighted by Crippen LogP contribution is -2.23. The molecule has 0 bridgehead atoms. The molecule has 0 amide bonds. The monoisotopic (exact) mass is 348 g/mol. The van der Waals surface area contributed by atoms with E-state index in [1.807, 2.05) is 24.3 Å². The molecule has 0 unspecified atom stereocenters. The van der Waals surface area contributed by atoms with Crippen LogP contribution in [0.3, 0.4) is 0 Å². The molecule has 0 saturated carbocycles. The number of benzene rings is 1. The fraction of sp³-hybridized carbons (Fsp3) is 0.214. The highest BCUT2D eigenvalue weighted by Gasteiger charge is 2.07. The van der Waals surface area contributed by atoms with Gasteiger partial charge >= 0.3 is 0 Å². The van der Waals surface area contributed by atoms with Crippen LogP contribution in [0.1, 0.15) is 0 Å². The van der Waals surface area contributed by atoms with Crippen molar-refractivity contribution in [3.05, 3.63) is 51.6 Å². The summed E-state index contributed by atoms with van der Waals surface area (Å²) in [5.74, 6) is 0.765. The number of nitrogens with zero attached hydrogens (tertiary/aromatic N) is 4. The van der Waals surface area contributed by atoms with Gasteiger partial charge in [0.15, 0.2) is 5.65 Å². The van der Waals surface area contributed by atoms with Crippen molar-refractivity contribution in [3.8, 4) is 5.75 Å². The summed E-state index contributed by atoms with van der Waals surface area (Å²) in [5.41, 5.74) is 0.484. The summed E-state index contributed by atoms with van der Waals surface area (Å²) < 4.78 is 9.72. The third-order valence-corrected chi connectivity index (χ3v) is 3.66. The summed E-state index contributed by atoms with van der Waals surface area (Å²) in [6, 6.07) is 7.56. The SMILES string of the molecule is Cn1ncc2c(=O)n(CCOc3ccc(Br)cc3)cnc21. The molecule has 7 heteroatoms. The molecule has 0 aliphatic heterocycles. The molecule has 0 N–H and O–H groups in total. The van der Waals surface area contributed by atoms with E-state index in [4.69, 9.17) is 4.74 Å². The second kappa shape index (κ2) is 5.69. The van der Waals surface area contributed by atoms with E-state index in [9.17, 15) is 4.79 Å². The number of fused-ring (bicyclic) bond motifs is 1. The third kappa shape index (κ3) is 2.82. The lowest BCUT2D eigenvalue weighted by Gasteiger charge is -2.08. The molecular formula is C14H13BrN4O2. The van der Waals surface area contributed by atoms with Crippen molar-refractivity contribution in [2.75, 3.05) is 6.61 Å². The van der Waals surface area contributed by atoms with E-state index in [0.717, 1.165) is 10.2 Å². The smallest absolute Gasteiger partial charge is 0.264 e. The molecule has 0 saturated heterocycles. The molecule has 1 aromatic carbocycles. The van der Waals surface area contributed by atoms with Gasteiger partial charge in [0, 0.05) is 11.5 Å². The van der Waals surface area contributed by atoms with Crippen LogP contribution in [0, 0.1) is 0 Å². The largest absolute Gasteiger partial charge is 0.492 e. The van der Waals surface area contributed by atoms with E-state index >= 15 is 0 Å². The lowest BCUT2D eigenvalue weighted by molar-refractivity contribution is 0.296. The van der Waals surface area contributed by atoms with Crippen molar-refractivity contribution in [1.82, 2.24) is 19.3 Å². The Morgan fingerprint density at radius 2 is 2.05 bits per heavy atom. The van der Waals surface area contributed by atoms with Crippen molar-refractivity contribution < 1.29 is 4.74 Å². The quantitative estimate of drug-likeness (QED) is 0.723. The topological polar surface area (TPSA) is 61.9 Å². The average Bonchev–Trinajstić information content (AvgIpc) is 2.86. The third-order valence-electron chi connectivity index (χ3n) is 3.13. The Balaban J connectivity index is 1.72. The summed E-state index contributed by atoms with van der Waals surface area (Å²) in [6.45, 7) is 0.835. The van der Waals surface area contributed by atoms with Crippen LogP contribution >= 0.6 is 15.9 Å².